The van der Waals surface area contributed by atoms with Crippen molar-refractivity contribution < 1.29 is 9.90 Å². The lowest BCUT2D eigenvalue weighted by molar-refractivity contribution is -0.149. The van der Waals surface area contributed by atoms with Gasteiger partial charge in [-0.25, -0.2) is 0 Å². The normalized spacial score (nSPS) is 11.8. The predicted octanol–water partition coefficient (Wildman–Crippen LogP) is 3.18. The number of aryl methyl sites for hydroxylation is 2. The molecule has 0 bridgehead atoms. The van der Waals surface area contributed by atoms with Crippen LogP contribution in [0.15, 0.2) is 4.47 Å². The minimum atomic E-state index is -0.723. The third-order valence-corrected chi connectivity index (χ3v) is 4.73. The second kappa shape index (κ2) is 5.87. The van der Waals surface area contributed by atoms with Gasteiger partial charge in [0.15, 0.2) is 0 Å². The zero-order chi connectivity index (χ0) is 13.9. The number of aliphatic carboxylic acids is 1. The van der Waals surface area contributed by atoms with Crippen LogP contribution in [0.5, 0.6) is 0 Å². The van der Waals surface area contributed by atoms with E-state index in [1.54, 1.807) is 4.68 Å². The van der Waals surface area contributed by atoms with E-state index in [1.807, 2.05) is 27.8 Å². The van der Waals surface area contributed by atoms with Crippen LogP contribution in [0.3, 0.4) is 0 Å². The molecule has 1 aromatic heterocycles. The summed E-state index contributed by atoms with van der Waals surface area (Å²) < 4.78 is 2.76. The summed E-state index contributed by atoms with van der Waals surface area (Å²) in [5, 5.41) is 13.9. The van der Waals surface area contributed by atoms with E-state index in [-0.39, 0.29) is 0 Å². The highest BCUT2D eigenvalue weighted by Crippen LogP contribution is 2.34. The second-order valence-corrected chi connectivity index (χ2v) is 5.45. The number of rotatable bonds is 6. The van der Waals surface area contributed by atoms with Crippen molar-refractivity contribution in [2.45, 2.75) is 46.5 Å². The Bertz CT molecular complexity index is 436. The Morgan fingerprint density at radius 2 is 1.94 bits per heavy atom. The van der Waals surface area contributed by atoms with Crippen molar-refractivity contribution in [3.63, 3.8) is 0 Å². The molecule has 18 heavy (non-hydrogen) atoms. The number of halogens is 1. The molecule has 0 saturated carbocycles. The molecule has 1 aromatic rings. The monoisotopic (exact) mass is 316 g/mol. The zero-order valence-electron chi connectivity index (χ0n) is 11.5. The number of carboxylic acids is 1. The highest BCUT2D eigenvalue weighted by molar-refractivity contribution is 9.10. The summed E-state index contributed by atoms with van der Waals surface area (Å²) >= 11 is 3.55. The third kappa shape index (κ3) is 2.60. The summed E-state index contributed by atoms with van der Waals surface area (Å²) in [6.07, 6.45) is 2.60. The molecular formula is C13H21BrN2O2. The van der Waals surface area contributed by atoms with E-state index in [0.717, 1.165) is 22.3 Å². The first-order valence-electron chi connectivity index (χ1n) is 6.35. The standard InChI is InChI=1S/C13H21BrN2O2/c1-5-9-11(14)10(16(4)15-9)8-13(6-2,7-3)12(17)18/h5-8H2,1-4H3,(H,17,18). The number of hydrogen-bond donors (Lipinski definition) is 1. The van der Waals surface area contributed by atoms with Crippen LogP contribution in [0.2, 0.25) is 0 Å². The summed E-state index contributed by atoms with van der Waals surface area (Å²) in [5.74, 6) is -0.723. The van der Waals surface area contributed by atoms with Crippen LogP contribution in [-0.4, -0.2) is 20.9 Å². The van der Waals surface area contributed by atoms with E-state index in [1.165, 1.54) is 0 Å². The van der Waals surface area contributed by atoms with Crippen molar-refractivity contribution in [2.75, 3.05) is 0 Å². The molecule has 0 aromatic carbocycles. The number of hydrogen-bond acceptors (Lipinski definition) is 2. The van der Waals surface area contributed by atoms with E-state index >= 15 is 0 Å². The van der Waals surface area contributed by atoms with Crippen molar-refractivity contribution in [3.8, 4) is 0 Å². The average Bonchev–Trinajstić information content (AvgIpc) is 2.62. The average molecular weight is 317 g/mol. The molecule has 4 nitrogen and oxygen atoms in total. The predicted molar refractivity (Wildman–Crippen MR) is 74.6 cm³/mol. The number of carboxylic acid groups (broad SMARTS) is 1. The van der Waals surface area contributed by atoms with E-state index in [9.17, 15) is 9.90 Å². The molecule has 0 spiro atoms. The van der Waals surface area contributed by atoms with Crippen LogP contribution in [0.25, 0.3) is 0 Å². The molecule has 0 atom stereocenters. The smallest absolute Gasteiger partial charge is 0.310 e. The zero-order valence-corrected chi connectivity index (χ0v) is 13.0. The molecule has 0 unspecified atom stereocenters. The molecule has 0 aliphatic carbocycles. The first-order valence-corrected chi connectivity index (χ1v) is 7.14. The fourth-order valence-electron chi connectivity index (χ4n) is 2.21. The molecule has 5 heteroatoms. The molecule has 0 radical (unpaired) electrons. The lowest BCUT2D eigenvalue weighted by Crippen LogP contribution is -2.33. The maximum Gasteiger partial charge on any atom is 0.310 e. The molecule has 0 saturated heterocycles. The van der Waals surface area contributed by atoms with Crippen molar-refractivity contribution >= 4 is 21.9 Å². The summed E-state index contributed by atoms with van der Waals surface area (Å²) in [7, 11) is 1.87. The molecule has 0 aliphatic heterocycles. The van der Waals surface area contributed by atoms with Crippen LogP contribution in [0.1, 0.15) is 45.0 Å². The van der Waals surface area contributed by atoms with E-state index in [2.05, 4.69) is 21.0 Å². The van der Waals surface area contributed by atoms with Crippen molar-refractivity contribution in [3.05, 3.63) is 15.9 Å². The Kier molecular flexibility index (Phi) is 4.96. The number of aromatic nitrogens is 2. The summed E-state index contributed by atoms with van der Waals surface area (Å²) in [6.45, 7) is 5.91. The Labute approximate surface area is 117 Å². The van der Waals surface area contributed by atoms with Gasteiger partial charge in [-0.1, -0.05) is 20.8 Å². The van der Waals surface area contributed by atoms with Crippen LogP contribution in [0, 0.1) is 5.41 Å². The molecule has 1 N–H and O–H groups in total. The summed E-state index contributed by atoms with van der Waals surface area (Å²) in [5.41, 5.74) is 1.26. The van der Waals surface area contributed by atoms with Crippen molar-refractivity contribution in [2.24, 2.45) is 12.5 Å². The van der Waals surface area contributed by atoms with Crippen LogP contribution in [0.4, 0.5) is 0 Å². The van der Waals surface area contributed by atoms with Gasteiger partial charge in [0.2, 0.25) is 0 Å². The van der Waals surface area contributed by atoms with Crippen molar-refractivity contribution in [1.29, 1.82) is 0 Å². The van der Waals surface area contributed by atoms with Crippen LogP contribution < -0.4 is 0 Å². The van der Waals surface area contributed by atoms with Gasteiger partial charge in [-0.2, -0.15) is 5.10 Å². The second-order valence-electron chi connectivity index (χ2n) is 4.65. The Morgan fingerprint density at radius 3 is 2.28 bits per heavy atom. The lowest BCUT2D eigenvalue weighted by Gasteiger charge is -2.26. The molecule has 0 amide bonds. The number of nitrogens with zero attached hydrogens (tertiary/aromatic N) is 2. The minimum Gasteiger partial charge on any atom is -0.481 e. The first kappa shape index (κ1) is 15.2. The Balaban J connectivity index is 3.16. The summed E-state index contributed by atoms with van der Waals surface area (Å²) in [6, 6.07) is 0. The third-order valence-electron chi connectivity index (χ3n) is 3.82. The van der Waals surface area contributed by atoms with Gasteiger partial charge >= 0.3 is 5.97 Å². The Morgan fingerprint density at radius 1 is 1.39 bits per heavy atom. The quantitative estimate of drug-likeness (QED) is 0.877. The summed E-state index contributed by atoms with van der Waals surface area (Å²) in [4.78, 5) is 11.5. The van der Waals surface area contributed by atoms with Gasteiger partial charge in [-0.05, 0) is 35.2 Å². The fraction of sp³-hybridized carbons (Fsp3) is 0.692. The van der Waals surface area contributed by atoms with Crippen molar-refractivity contribution in [1.82, 2.24) is 9.78 Å². The van der Waals surface area contributed by atoms with E-state index < -0.39 is 11.4 Å². The SMILES string of the molecule is CCc1nn(C)c(CC(CC)(CC)C(=O)O)c1Br. The molecule has 1 rings (SSSR count). The minimum absolute atomic E-state index is 0.513. The van der Waals surface area contributed by atoms with Crippen LogP contribution >= 0.6 is 15.9 Å². The molecular weight excluding hydrogens is 296 g/mol. The molecule has 1 heterocycles. The van der Waals surface area contributed by atoms with Gasteiger partial charge in [-0.15, -0.1) is 0 Å². The maximum atomic E-state index is 11.5. The van der Waals surface area contributed by atoms with Gasteiger partial charge in [0.25, 0.3) is 0 Å². The van der Waals surface area contributed by atoms with Gasteiger partial charge in [-0.3, -0.25) is 9.48 Å². The lowest BCUT2D eigenvalue weighted by atomic mass is 9.78. The highest BCUT2D eigenvalue weighted by Gasteiger charge is 2.36. The van der Waals surface area contributed by atoms with E-state index in [4.69, 9.17) is 0 Å². The first-order chi connectivity index (χ1) is 8.41. The van der Waals surface area contributed by atoms with Crippen LogP contribution in [-0.2, 0) is 24.7 Å². The topological polar surface area (TPSA) is 55.1 Å². The Hall–Kier alpha value is -0.840. The molecule has 102 valence electrons. The molecule has 0 aliphatic rings. The van der Waals surface area contributed by atoms with Gasteiger partial charge in [0.05, 0.1) is 21.3 Å². The highest BCUT2D eigenvalue weighted by atomic mass is 79.9. The largest absolute Gasteiger partial charge is 0.481 e. The van der Waals surface area contributed by atoms with Gasteiger partial charge in [0.1, 0.15) is 0 Å². The molecule has 0 fully saturated rings. The van der Waals surface area contributed by atoms with Gasteiger partial charge < -0.3 is 5.11 Å². The number of carbonyl (C=O) groups is 1. The fourth-order valence-corrected chi connectivity index (χ4v) is 2.97. The van der Waals surface area contributed by atoms with E-state index in [0.29, 0.717) is 19.3 Å². The maximum absolute atomic E-state index is 11.5. The van der Waals surface area contributed by atoms with Gasteiger partial charge in [0, 0.05) is 13.5 Å².